The molecule has 2 aromatic carbocycles. The topological polar surface area (TPSA) is 21.3 Å². The molecule has 0 aromatic heterocycles. The van der Waals surface area contributed by atoms with E-state index in [1.54, 1.807) is 0 Å². The summed E-state index contributed by atoms with van der Waals surface area (Å²) in [5.74, 6) is 1.87. The van der Waals surface area contributed by atoms with Crippen molar-refractivity contribution >= 4 is 0 Å². The van der Waals surface area contributed by atoms with Gasteiger partial charge in [0.25, 0.3) is 0 Å². The predicted octanol–water partition coefficient (Wildman–Crippen LogP) is 5.16. The summed E-state index contributed by atoms with van der Waals surface area (Å²) in [5, 5.41) is 3.52. The van der Waals surface area contributed by atoms with Crippen LogP contribution in [0.5, 0.6) is 11.5 Å². The number of hydrogen-bond acceptors (Lipinski definition) is 2. The Hall–Kier alpha value is -1.80. The number of nitrogens with one attached hydrogen (secondary N) is 1. The molecule has 112 valence electrons. The number of para-hydroxylation sites is 1. The number of benzene rings is 2. The summed E-state index contributed by atoms with van der Waals surface area (Å²) in [6, 6.07) is 14.9. The highest BCUT2D eigenvalue weighted by Gasteiger charge is 2.12. The molecule has 0 aliphatic heterocycles. The predicted molar refractivity (Wildman–Crippen MR) is 89.1 cm³/mol. The minimum atomic E-state index is 0.284. The standard InChI is InChI=1S/C19H25NO/c1-5-12-20-16(4)17-8-6-7-9-18(17)21-19-13-14(2)10-11-15(19)3/h6-11,13,16,20H,5,12H2,1-4H3. The lowest BCUT2D eigenvalue weighted by Gasteiger charge is -2.19. The molecule has 0 spiro atoms. The lowest BCUT2D eigenvalue weighted by atomic mass is 10.1. The molecule has 0 radical (unpaired) electrons. The molecule has 0 saturated carbocycles. The number of ether oxygens (including phenoxy) is 1. The van der Waals surface area contributed by atoms with E-state index in [-0.39, 0.29) is 6.04 Å². The molecule has 1 unspecified atom stereocenters. The molecular formula is C19H25NO. The van der Waals surface area contributed by atoms with Gasteiger partial charge in [-0.1, -0.05) is 37.3 Å². The van der Waals surface area contributed by atoms with Crippen molar-refractivity contribution in [1.29, 1.82) is 0 Å². The van der Waals surface area contributed by atoms with Crippen LogP contribution < -0.4 is 10.1 Å². The molecule has 0 aliphatic carbocycles. The molecule has 2 nitrogen and oxygen atoms in total. The van der Waals surface area contributed by atoms with Crippen LogP contribution in [0.25, 0.3) is 0 Å². The second kappa shape index (κ2) is 7.28. The Morgan fingerprint density at radius 2 is 1.81 bits per heavy atom. The maximum atomic E-state index is 6.18. The summed E-state index contributed by atoms with van der Waals surface area (Å²) in [6.45, 7) is 9.54. The van der Waals surface area contributed by atoms with E-state index in [0.29, 0.717) is 0 Å². The van der Waals surface area contributed by atoms with Crippen LogP contribution in [0.3, 0.4) is 0 Å². The first kappa shape index (κ1) is 15.6. The second-order valence-corrected chi connectivity index (χ2v) is 5.58. The molecule has 1 N–H and O–H groups in total. The minimum absolute atomic E-state index is 0.284. The summed E-state index contributed by atoms with van der Waals surface area (Å²) in [4.78, 5) is 0. The first-order valence-corrected chi connectivity index (χ1v) is 7.69. The summed E-state index contributed by atoms with van der Waals surface area (Å²) in [7, 11) is 0. The van der Waals surface area contributed by atoms with Gasteiger partial charge in [0.2, 0.25) is 0 Å². The van der Waals surface area contributed by atoms with E-state index in [0.717, 1.165) is 30.0 Å². The third-order valence-electron chi connectivity index (χ3n) is 3.65. The van der Waals surface area contributed by atoms with E-state index < -0.39 is 0 Å². The molecule has 2 heteroatoms. The van der Waals surface area contributed by atoms with Crippen molar-refractivity contribution in [3.05, 3.63) is 59.2 Å². The van der Waals surface area contributed by atoms with Crippen LogP contribution in [0.15, 0.2) is 42.5 Å². The van der Waals surface area contributed by atoms with Crippen LogP contribution in [0.1, 0.15) is 43.0 Å². The zero-order valence-electron chi connectivity index (χ0n) is 13.4. The van der Waals surface area contributed by atoms with Crippen LogP contribution in [0.4, 0.5) is 0 Å². The average molecular weight is 283 g/mol. The van der Waals surface area contributed by atoms with Crippen LogP contribution in [0.2, 0.25) is 0 Å². The number of hydrogen-bond donors (Lipinski definition) is 1. The Kier molecular flexibility index (Phi) is 5.40. The first-order valence-electron chi connectivity index (χ1n) is 7.69. The molecular weight excluding hydrogens is 258 g/mol. The molecule has 0 saturated heterocycles. The van der Waals surface area contributed by atoms with Crippen molar-refractivity contribution in [3.8, 4) is 11.5 Å². The highest BCUT2D eigenvalue weighted by atomic mass is 16.5. The van der Waals surface area contributed by atoms with Gasteiger partial charge >= 0.3 is 0 Å². The third kappa shape index (κ3) is 4.08. The normalized spacial score (nSPS) is 12.2. The molecule has 0 heterocycles. The maximum Gasteiger partial charge on any atom is 0.132 e. The van der Waals surface area contributed by atoms with Gasteiger partial charge in [-0.05, 0) is 57.0 Å². The number of rotatable bonds is 6. The van der Waals surface area contributed by atoms with Crippen molar-refractivity contribution in [2.45, 2.75) is 40.2 Å². The molecule has 0 bridgehead atoms. The van der Waals surface area contributed by atoms with Crippen molar-refractivity contribution < 1.29 is 4.74 Å². The lowest BCUT2D eigenvalue weighted by molar-refractivity contribution is 0.457. The van der Waals surface area contributed by atoms with Gasteiger partial charge in [0.05, 0.1) is 0 Å². The van der Waals surface area contributed by atoms with E-state index in [9.17, 15) is 0 Å². The van der Waals surface area contributed by atoms with Gasteiger partial charge < -0.3 is 10.1 Å². The fourth-order valence-corrected chi connectivity index (χ4v) is 2.34. The smallest absolute Gasteiger partial charge is 0.132 e. The van der Waals surface area contributed by atoms with E-state index in [1.165, 1.54) is 11.1 Å². The monoisotopic (exact) mass is 283 g/mol. The van der Waals surface area contributed by atoms with Gasteiger partial charge in [-0.3, -0.25) is 0 Å². The van der Waals surface area contributed by atoms with Gasteiger partial charge in [-0.2, -0.15) is 0 Å². The van der Waals surface area contributed by atoms with Gasteiger partial charge in [0.1, 0.15) is 11.5 Å². The summed E-state index contributed by atoms with van der Waals surface area (Å²) in [6.07, 6.45) is 1.13. The van der Waals surface area contributed by atoms with E-state index in [4.69, 9.17) is 4.74 Å². The quantitative estimate of drug-likeness (QED) is 0.791. The van der Waals surface area contributed by atoms with Crippen LogP contribution in [-0.2, 0) is 0 Å². The van der Waals surface area contributed by atoms with Gasteiger partial charge in [-0.25, -0.2) is 0 Å². The molecule has 2 rings (SSSR count). The Morgan fingerprint density at radius 3 is 2.57 bits per heavy atom. The molecule has 2 aromatic rings. The van der Waals surface area contributed by atoms with E-state index in [1.807, 2.05) is 12.1 Å². The Labute approximate surface area is 128 Å². The summed E-state index contributed by atoms with van der Waals surface area (Å²) < 4.78 is 6.18. The van der Waals surface area contributed by atoms with Gasteiger partial charge in [-0.15, -0.1) is 0 Å². The minimum Gasteiger partial charge on any atom is -0.457 e. The SMILES string of the molecule is CCCNC(C)c1ccccc1Oc1cc(C)ccc1C. The van der Waals surface area contributed by atoms with Crippen LogP contribution in [-0.4, -0.2) is 6.54 Å². The summed E-state index contributed by atoms with van der Waals surface area (Å²) >= 11 is 0. The third-order valence-corrected chi connectivity index (χ3v) is 3.65. The Morgan fingerprint density at radius 1 is 1.05 bits per heavy atom. The number of aryl methyl sites for hydroxylation is 2. The van der Waals surface area contributed by atoms with Crippen molar-refractivity contribution in [2.75, 3.05) is 6.54 Å². The van der Waals surface area contributed by atoms with Crippen LogP contribution in [0, 0.1) is 13.8 Å². The fraction of sp³-hybridized carbons (Fsp3) is 0.368. The van der Waals surface area contributed by atoms with Crippen LogP contribution >= 0.6 is 0 Å². The second-order valence-electron chi connectivity index (χ2n) is 5.58. The molecule has 21 heavy (non-hydrogen) atoms. The maximum absolute atomic E-state index is 6.18. The largest absolute Gasteiger partial charge is 0.457 e. The van der Waals surface area contributed by atoms with Crippen molar-refractivity contribution in [3.63, 3.8) is 0 Å². The Balaban J connectivity index is 2.25. The first-order chi connectivity index (χ1) is 10.1. The zero-order chi connectivity index (χ0) is 15.2. The fourth-order valence-electron chi connectivity index (χ4n) is 2.34. The summed E-state index contributed by atoms with van der Waals surface area (Å²) in [5.41, 5.74) is 3.57. The Bertz CT molecular complexity index is 592. The highest BCUT2D eigenvalue weighted by molar-refractivity contribution is 5.43. The molecule has 0 fully saturated rings. The highest BCUT2D eigenvalue weighted by Crippen LogP contribution is 2.31. The van der Waals surface area contributed by atoms with Crippen molar-refractivity contribution in [1.82, 2.24) is 5.32 Å². The van der Waals surface area contributed by atoms with Gasteiger partial charge in [0, 0.05) is 11.6 Å². The van der Waals surface area contributed by atoms with E-state index in [2.05, 4.69) is 63.3 Å². The molecule has 0 amide bonds. The van der Waals surface area contributed by atoms with Crippen molar-refractivity contribution in [2.24, 2.45) is 0 Å². The molecule has 0 aliphatic rings. The zero-order valence-corrected chi connectivity index (χ0v) is 13.4. The molecule has 1 atom stereocenters. The van der Waals surface area contributed by atoms with Gasteiger partial charge in [0.15, 0.2) is 0 Å². The van der Waals surface area contributed by atoms with E-state index >= 15 is 0 Å². The average Bonchev–Trinajstić information content (AvgIpc) is 2.49. The lowest BCUT2D eigenvalue weighted by Crippen LogP contribution is -2.19.